The largest absolute Gasteiger partial charge is 0.382 e. The molecular weight excluding hydrogens is 192 g/mol. The lowest BCUT2D eigenvalue weighted by molar-refractivity contribution is -0.125. The summed E-state index contributed by atoms with van der Waals surface area (Å²) in [6, 6.07) is 1.32. The first kappa shape index (κ1) is 11.6. The molecule has 0 aliphatic heterocycles. The first-order chi connectivity index (χ1) is 6.79. The number of carbonyl (C=O) groups excluding carboxylic acids is 1. The van der Waals surface area contributed by atoms with Crippen molar-refractivity contribution in [3.63, 3.8) is 0 Å². The Balaban J connectivity index is 2.69. The molecule has 0 radical (unpaired) electrons. The normalized spacial score (nSPS) is 13.6. The number of rotatable bonds is 2. The number of aromatic nitrogens is 2. The van der Waals surface area contributed by atoms with Crippen molar-refractivity contribution in [1.82, 2.24) is 15.1 Å². The molecule has 1 unspecified atom stereocenters. The molecule has 0 aliphatic rings. The van der Waals surface area contributed by atoms with E-state index >= 15 is 0 Å². The van der Waals surface area contributed by atoms with Gasteiger partial charge in [0.25, 0.3) is 0 Å². The topological polar surface area (TPSA) is 72.9 Å². The lowest BCUT2D eigenvalue weighted by atomic mass is 10.1. The highest BCUT2D eigenvalue weighted by Crippen LogP contribution is 2.09. The number of nitrogen functional groups attached to an aromatic ring is 1. The van der Waals surface area contributed by atoms with Crippen LogP contribution in [0.25, 0.3) is 0 Å². The Morgan fingerprint density at radius 2 is 2.20 bits per heavy atom. The van der Waals surface area contributed by atoms with Gasteiger partial charge in [0.2, 0.25) is 5.91 Å². The molecule has 1 atom stereocenters. The number of hydrogen-bond acceptors (Lipinski definition) is 3. The summed E-state index contributed by atoms with van der Waals surface area (Å²) < 4.78 is 1.55. The Hall–Kier alpha value is -1.52. The van der Waals surface area contributed by atoms with E-state index in [2.05, 4.69) is 10.4 Å². The summed E-state index contributed by atoms with van der Waals surface area (Å²) in [5.41, 5.74) is 5.25. The van der Waals surface area contributed by atoms with Gasteiger partial charge >= 0.3 is 0 Å². The Bertz CT molecular complexity index is 351. The SMILES string of the molecule is CC(C(=O)NC(C)(C)C)n1ccc(N)n1. The molecule has 0 aromatic carbocycles. The second-order valence-electron chi connectivity index (χ2n) is 4.64. The lowest BCUT2D eigenvalue weighted by Gasteiger charge is -2.23. The predicted molar refractivity (Wildman–Crippen MR) is 59.2 cm³/mol. The summed E-state index contributed by atoms with van der Waals surface area (Å²) in [6.45, 7) is 7.60. The molecule has 0 fully saturated rings. The zero-order valence-corrected chi connectivity index (χ0v) is 9.61. The van der Waals surface area contributed by atoms with Gasteiger partial charge in [0.05, 0.1) is 0 Å². The third-order valence-electron chi connectivity index (χ3n) is 1.90. The van der Waals surface area contributed by atoms with Gasteiger partial charge in [-0.25, -0.2) is 0 Å². The highest BCUT2D eigenvalue weighted by molar-refractivity contribution is 5.80. The third kappa shape index (κ3) is 3.27. The molecule has 1 heterocycles. The minimum atomic E-state index is -0.346. The molecule has 1 amide bonds. The van der Waals surface area contributed by atoms with Gasteiger partial charge in [-0.05, 0) is 33.8 Å². The Labute approximate surface area is 89.6 Å². The summed E-state index contributed by atoms with van der Waals surface area (Å²) in [4.78, 5) is 11.8. The molecule has 0 saturated heterocycles. The van der Waals surface area contributed by atoms with E-state index < -0.39 is 0 Å². The maximum absolute atomic E-state index is 11.8. The minimum absolute atomic E-state index is 0.0643. The number of amides is 1. The van der Waals surface area contributed by atoms with Gasteiger partial charge < -0.3 is 11.1 Å². The van der Waals surface area contributed by atoms with Crippen LogP contribution >= 0.6 is 0 Å². The van der Waals surface area contributed by atoms with Gasteiger partial charge in [0.1, 0.15) is 11.9 Å². The molecule has 5 nitrogen and oxygen atoms in total. The van der Waals surface area contributed by atoms with Crippen LogP contribution < -0.4 is 11.1 Å². The summed E-state index contributed by atoms with van der Waals surface area (Å²) in [5, 5.41) is 6.88. The van der Waals surface area contributed by atoms with Crippen molar-refractivity contribution in [3.8, 4) is 0 Å². The summed E-state index contributed by atoms with van der Waals surface area (Å²) >= 11 is 0. The fraction of sp³-hybridized carbons (Fsp3) is 0.600. The zero-order valence-electron chi connectivity index (χ0n) is 9.61. The van der Waals surface area contributed by atoms with Crippen molar-refractivity contribution in [2.75, 3.05) is 5.73 Å². The fourth-order valence-electron chi connectivity index (χ4n) is 1.16. The molecule has 1 rings (SSSR count). The molecule has 5 heteroatoms. The van der Waals surface area contributed by atoms with Crippen LogP contribution in [-0.2, 0) is 4.79 Å². The van der Waals surface area contributed by atoms with E-state index in [4.69, 9.17) is 5.73 Å². The van der Waals surface area contributed by atoms with E-state index in [0.29, 0.717) is 5.82 Å². The predicted octanol–water partition coefficient (Wildman–Crippen LogP) is 0.941. The average molecular weight is 210 g/mol. The van der Waals surface area contributed by atoms with Gasteiger partial charge in [-0.3, -0.25) is 9.48 Å². The van der Waals surface area contributed by atoms with E-state index in [0.717, 1.165) is 0 Å². The number of nitrogens with two attached hydrogens (primary N) is 1. The molecule has 0 bridgehead atoms. The number of nitrogens with zero attached hydrogens (tertiary/aromatic N) is 2. The number of nitrogens with one attached hydrogen (secondary N) is 1. The van der Waals surface area contributed by atoms with Crippen molar-refractivity contribution in [3.05, 3.63) is 12.3 Å². The Morgan fingerprint density at radius 1 is 1.60 bits per heavy atom. The van der Waals surface area contributed by atoms with Crippen LogP contribution in [0.5, 0.6) is 0 Å². The molecule has 0 spiro atoms. The van der Waals surface area contributed by atoms with Crippen LogP contribution in [0, 0.1) is 0 Å². The van der Waals surface area contributed by atoms with Gasteiger partial charge in [-0.1, -0.05) is 0 Å². The van der Waals surface area contributed by atoms with Crippen LogP contribution in [0.15, 0.2) is 12.3 Å². The van der Waals surface area contributed by atoms with Gasteiger partial charge in [-0.15, -0.1) is 0 Å². The van der Waals surface area contributed by atoms with Crippen molar-refractivity contribution in [2.24, 2.45) is 0 Å². The Kier molecular flexibility index (Phi) is 3.02. The van der Waals surface area contributed by atoms with E-state index in [1.54, 1.807) is 23.9 Å². The minimum Gasteiger partial charge on any atom is -0.382 e. The van der Waals surface area contributed by atoms with Gasteiger partial charge in [0, 0.05) is 11.7 Å². The Morgan fingerprint density at radius 3 is 2.60 bits per heavy atom. The van der Waals surface area contributed by atoms with Crippen LogP contribution in [0.3, 0.4) is 0 Å². The molecular formula is C10H18N4O. The maximum Gasteiger partial charge on any atom is 0.244 e. The van der Waals surface area contributed by atoms with E-state index in [9.17, 15) is 4.79 Å². The smallest absolute Gasteiger partial charge is 0.244 e. The molecule has 84 valence electrons. The first-order valence-electron chi connectivity index (χ1n) is 4.92. The molecule has 1 aromatic rings. The molecule has 15 heavy (non-hydrogen) atoms. The first-order valence-corrected chi connectivity index (χ1v) is 4.92. The maximum atomic E-state index is 11.8. The average Bonchev–Trinajstić information content (AvgIpc) is 2.47. The van der Waals surface area contributed by atoms with Crippen molar-refractivity contribution in [1.29, 1.82) is 0 Å². The second-order valence-corrected chi connectivity index (χ2v) is 4.64. The highest BCUT2D eigenvalue weighted by Gasteiger charge is 2.20. The number of carbonyl (C=O) groups is 1. The van der Waals surface area contributed by atoms with E-state index in [-0.39, 0.29) is 17.5 Å². The van der Waals surface area contributed by atoms with Crippen molar-refractivity contribution in [2.45, 2.75) is 39.3 Å². The van der Waals surface area contributed by atoms with Gasteiger partial charge in [-0.2, -0.15) is 5.10 Å². The summed E-state index contributed by atoms with van der Waals surface area (Å²) in [7, 11) is 0. The molecule has 0 saturated carbocycles. The highest BCUT2D eigenvalue weighted by atomic mass is 16.2. The quantitative estimate of drug-likeness (QED) is 0.763. The third-order valence-corrected chi connectivity index (χ3v) is 1.90. The summed E-state index contributed by atoms with van der Waals surface area (Å²) in [5.74, 6) is 0.357. The summed E-state index contributed by atoms with van der Waals surface area (Å²) in [6.07, 6.45) is 1.70. The van der Waals surface area contributed by atoms with Crippen molar-refractivity contribution >= 4 is 11.7 Å². The number of hydrogen-bond donors (Lipinski definition) is 2. The van der Waals surface area contributed by atoms with Gasteiger partial charge in [0.15, 0.2) is 0 Å². The van der Waals surface area contributed by atoms with Crippen LogP contribution in [0.4, 0.5) is 5.82 Å². The monoisotopic (exact) mass is 210 g/mol. The van der Waals surface area contributed by atoms with E-state index in [1.807, 2.05) is 20.8 Å². The molecule has 0 aliphatic carbocycles. The van der Waals surface area contributed by atoms with Crippen molar-refractivity contribution < 1.29 is 4.79 Å². The van der Waals surface area contributed by atoms with Crippen LogP contribution in [-0.4, -0.2) is 21.2 Å². The second kappa shape index (κ2) is 3.92. The van der Waals surface area contributed by atoms with Crippen LogP contribution in [0.2, 0.25) is 0 Å². The van der Waals surface area contributed by atoms with E-state index in [1.165, 1.54) is 0 Å². The lowest BCUT2D eigenvalue weighted by Crippen LogP contribution is -2.43. The zero-order chi connectivity index (χ0) is 11.6. The van der Waals surface area contributed by atoms with Crippen LogP contribution in [0.1, 0.15) is 33.7 Å². The fourth-order valence-corrected chi connectivity index (χ4v) is 1.16. The standard InChI is InChI=1S/C10H18N4O/c1-7(9(15)12-10(2,3)4)14-6-5-8(11)13-14/h5-7H,1-4H3,(H2,11,13)(H,12,15). The number of anilines is 1. The molecule has 1 aromatic heterocycles. The molecule has 3 N–H and O–H groups in total.